The van der Waals surface area contributed by atoms with Crippen LogP contribution in [0.4, 0.5) is 0 Å². The van der Waals surface area contributed by atoms with E-state index in [0.717, 1.165) is 25.9 Å². The van der Waals surface area contributed by atoms with E-state index in [2.05, 4.69) is 49.3 Å². The largest absolute Gasteiger partial charge is 0.327 e. The zero-order valence-electron chi connectivity index (χ0n) is 14.7. The predicted molar refractivity (Wildman–Crippen MR) is 102 cm³/mol. The van der Waals surface area contributed by atoms with E-state index in [0.29, 0.717) is 0 Å². The van der Waals surface area contributed by atoms with E-state index in [-0.39, 0.29) is 10.8 Å². The molecule has 3 N–H and O–H groups in total. The topological polar surface area (TPSA) is 50.9 Å². The summed E-state index contributed by atoms with van der Waals surface area (Å²) in [7, 11) is 0. The number of thioether (sulfide) groups is 1. The predicted octanol–water partition coefficient (Wildman–Crippen LogP) is 3.99. The second kappa shape index (κ2) is 8.13. The van der Waals surface area contributed by atoms with Crippen LogP contribution >= 0.6 is 11.8 Å². The van der Waals surface area contributed by atoms with Crippen molar-refractivity contribution in [1.29, 1.82) is 0 Å². The Bertz CT molecular complexity index is 627. The summed E-state index contributed by atoms with van der Waals surface area (Å²) < 4.78 is 0.182. The van der Waals surface area contributed by atoms with Crippen molar-refractivity contribution in [1.82, 2.24) is 10.3 Å². The number of nitrogens with zero attached hydrogens (tertiary/aromatic N) is 1. The summed E-state index contributed by atoms with van der Waals surface area (Å²) in [5.74, 6) is 0. The molecular formula is C19H29N3S. The third-order valence-electron chi connectivity index (χ3n) is 3.52. The van der Waals surface area contributed by atoms with Crippen LogP contribution in [-0.2, 0) is 6.42 Å². The van der Waals surface area contributed by atoms with E-state index in [1.54, 1.807) is 0 Å². The molecule has 1 aromatic heterocycles. The van der Waals surface area contributed by atoms with Crippen molar-refractivity contribution in [2.24, 2.45) is 5.73 Å². The summed E-state index contributed by atoms with van der Waals surface area (Å²) in [5, 5.41) is 6.02. The highest BCUT2D eigenvalue weighted by molar-refractivity contribution is 8.00. The van der Waals surface area contributed by atoms with Gasteiger partial charge in [0.2, 0.25) is 0 Å². The molecule has 0 fully saturated rings. The Morgan fingerprint density at radius 2 is 2.04 bits per heavy atom. The Balaban J connectivity index is 2.16. The molecule has 0 aliphatic heterocycles. The minimum atomic E-state index is 0.182. The summed E-state index contributed by atoms with van der Waals surface area (Å²) >= 11 is 1.90. The van der Waals surface area contributed by atoms with Gasteiger partial charge in [0.1, 0.15) is 0 Å². The van der Waals surface area contributed by atoms with Crippen molar-refractivity contribution in [2.75, 3.05) is 13.1 Å². The smallest absolute Gasteiger partial charge is 0.0410 e. The van der Waals surface area contributed by atoms with Gasteiger partial charge in [-0.3, -0.25) is 4.98 Å². The SMILES string of the molecule is CC(N)CNCCCc1cccc2cncc(SC(C)(C)C)c12. The van der Waals surface area contributed by atoms with E-state index in [1.807, 2.05) is 31.1 Å². The number of aryl methyl sites for hydroxylation is 1. The van der Waals surface area contributed by atoms with Crippen LogP contribution in [-0.4, -0.2) is 28.9 Å². The summed E-state index contributed by atoms with van der Waals surface area (Å²) in [5.41, 5.74) is 7.18. The molecule has 3 nitrogen and oxygen atoms in total. The van der Waals surface area contributed by atoms with Gasteiger partial charge in [0.05, 0.1) is 0 Å². The van der Waals surface area contributed by atoms with Gasteiger partial charge in [-0.2, -0.15) is 0 Å². The minimum absolute atomic E-state index is 0.182. The number of hydrogen-bond acceptors (Lipinski definition) is 4. The highest BCUT2D eigenvalue weighted by atomic mass is 32.2. The zero-order valence-corrected chi connectivity index (χ0v) is 15.5. The number of nitrogens with one attached hydrogen (secondary N) is 1. The van der Waals surface area contributed by atoms with Crippen LogP contribution in [0.5, 0.6) is 0 Å². The average molecular weight is 332 g/mol. The van der Waals surface area contributed by atoms with Gasteiger partial charge in [-0.25, -0.2) is 0 Å². The molecule has 1 atom stereocenters. The lowest BCUT2D eigenvalue weighted by Crippen LogP contribution is -2.31. The van der Waals surface area contributed by atoms with Gasteiger partial charge in [0.25, 0.3) is 0 Å². The number of pyridine rings is 1. The Kier molecular flexibility index (Phi) is 6.45. The van der Waals surface area contributed by atoms with Gasteiger partial charge >= 0.3 is 0 Å². The van der Waals surface area contributed by atoms with E-state index >= 15 is 0 Å². The van der Waals surface area contributed by atoms with Crippen LogP contribution < -0.4 is 11.1 Å². The van der Waals surface area contributed by atoms with Crippen LogP contribution in [0.1, 0.15) is 39.7 Å². The van der Waals surface area contributed by atoms with Crippen molar-refractivity contribution in [3.63, 3.8) is 0 Å². The number of benzene rings is 1. The molecule has 0 bridgehead atoms. The standard InChI is InChI=1S/C19H29N3S/c1-14(20)11-21-10-6-9-15-7-5-8-16-12-22-13-17(18(15)16)23-19(2,3)4/h5,7-8,12-14,21H,6,9-11,20H2,1-4H3. The molecule has 2 aromatic rings. The van der Waals surface area contributed by atoms with Crippen molar-refractivity contribution in [2.45, 2.75) is 56.2 Å². The Morgan fingerprint density at radius 3 is 2.74 bits per heavy atom. The summed E-state index contributed by atoms with van der Waals surface area (Å²) in [4.78, 5) is 5.71. The third-order valence-corrected chi connectivity index (χ3v) is 4.66. The molecule has 0 saturated heterocycles. The van der Waals surface area contributed by atoms with Gasteiger partial charge in [-0.05, 0) is 31.9 Å². The fourth-order valence-corrected chi connectivity index (χ4v) is 3.75. The molecule has 2 rings (SSSR count). The first-order valence-corrected chi connectivity index (χ1v) is 9.19. The summed E-state index contributed by atoms with van der Waals surface area (Å²) in [6, 6.07) is 6.77. The molecule has 0 amide bonds. The number of fused-ring (bicyclic) bond motifs is 1. The van der Waals surface area contributed by atoms with Crippen molar-refractivity contribution >= 4 is 22.5 Å². The molecule has 1 aromatic carbocycles. The zero-order chi connectivity index (χ0) is 16.9. The first kappa shape index (κ1) is 18.2. The molecule has 0 radical (unpaired) electrons. The van der Waals surface area contributed by atoms with Crippen molar-refractivity contribution < 1.29 is 0 Å². The lowest BCUT2D eigenvalue weighted by molar-refractivity contribution is 0.591. The molecular weight excluding hydrogens is 302 g/mol. The molecule has 126 valence electrons. The summed E-state index contributed by atoms with van der Waals surface area (Å²) in [6.45, 7) is 10.7. The van der Waals surface area contributed by atoms with Crippen LogP contribution in [0.3, 0.4) is 0 Å². The van der Waals surface area contributed by atoms with Crippen LogP contribution in [0.2, 0.25) is 0 Å². The minimum Gasteiger partial charge on any atom is -0.327 e. The molecule has 0 aliphatic carbocycles. The third kappa shape index (κ3) is 5.79. The lowest BCUT2D eigenvalue weighted by Gasteiger charge is -2.20. The Labute approximate surface area is 144 Å². The molecule has 0 spiro atoms. The first-order valence-electron chi connectivity index (χ1n) is 8.38. The van der Waals surface area contributed by atoms with Crippen LogP contribution in [0, 0.1) is 0 Å². The highest BCUT2D eigenvalue weighted by Gasteiger charge is 2.16. The fraction of sp³-hybridized carbons (Fsp3) is 0.526. The van der Waals surface area contributed by atoms with Gasteiger partial charge in [-0.15, -0.1) is 11.8 Å². The quantitative estimate of drug-likeness (QED) is 0.595. The van der Waals surface area contributed by atoms with Gasteiger partial charge in [0.15, 0.2) is 0 Å². The van der Waals surface area contributed by atoms with Gasteiger partial charge in [-0.1, -0.05) is 39.0 Å². The van der Waals surface area contributed by atoms with Crippen molar-refractivity contribution in [3.8, 4) is 0 Å². The van der Waals surface area contributed by atoms with Gasteiger partial charge < -0.3 is 11.1 Å². The average Bonchev–Trinajstić information content (AvgIpc) is 2.45. The highest BCUT2D eigenvalue weighted by Crippen LogP contribution is 2.37. The Morgan fingerprint density at radius 1 is 1.26 bits per heavy atom. The van der Waals surface area contributed by atoms with E-state index < -0.39 is 0 Å². The number of aromatic nitrogens is 1. The molecule has 0 aliphatic rings. The molecule has 1 heterocycles. The maximum Gasteiger partial charge on any atom is 0.0410 e. The molecule has 1 unspecified atom stereocenters. The second-order valence-corrected chi connectivity index (χ2v) is 9.02. The van der Waals surface area contributed by atoms with Crippen LogP contribution in [0.25, 0.3) is 10.8 Å². The number of nitrogens with two attached hydrogens (primary N) is 1. The maximum atomic E-state index is 5.77. The Hall–Kier alpha value is -1.10. The van der Waals surface area contributed by atoms with Crippen molar-refractivity contribution in [3.05, 3.63) is 36.2 Å². The maximum absolute atomic E-state index is 5.77. The van der Waals surface area contributed by atoms with Crippen LogP contribution in [0.15, 0.2) is 35.5 Å². The van der Waals surface area contributed by atoms with E-state index in [1.165, 1.54) is 21.2 Å². The fourth-order valence-electron chi connectivity index (χ4n) is 2.63. The first-order chi connectivity index (χ1) is 10.9. The molecule has 4 heteroatoms. The van der Waals surface area contributed by atoms with E-state index in [4.69, 9.17) is 5.73 Å². The van der Waals surface area contributed by atoms with Gasteiger partial charge in [0, 0.05) is 45.4 Å². The van der Waals surface area contributed by atoms with E-state index in [9.17, 15) is 0 Å². The number of rotatable bonds is 7. The number of hydrogen-bond donors (Lipinski definition) is 2. The summed E-state index contributed by atoms with van der Waals surface area (Å²) in [6.07, 6.45) is 6.18. The molecule has 0 saturated carbocycles. The molecule has 23 heavy (non-hydrogen) atoms. The normalized spacial score (nSPS) is 13.4. The second-order valence-electron chi connectivity index (χ2n) is 7.15. The monoisotopic (exact) mass is 331 g/mol. The lowest BCUT2D eigenvalue weighted by atomic mass is 10.0.